The van der Waals surface area contributed by atoms with Gasteiger partial charge in [0.05, 0.1) is 11.4 Å². The number of aromatic nitrogens is 2. The molecule has 3 rings (SSSR count). The van der Waals surface area contributed by atoms with Gasteiger partial charge in [-0.15, -0.1) is 0 Å². The van der Waals surface area contributed by atoms with Crippen molar-refractivity contribution in [1.29, 1.82) is 0 Å². The molecule has 7 nitrogen and oxygen atoms in total. The van der Waals surface area contributed by atoms with Crippen molar-refractivity contribution in [3.63, 3.8) is 0 Å². The standard InChI is InChI=1S/C15H24N4O3S/c1-3-23(20,21)19-10-15(11-19)13(5-7-22-15)4-6-16-14-17-8-12(2)9-18-14/h8-9,13H,3-7,10-11H2,1-2H3,(H,16,17,18). The minimum Gasteiger partial charge on any atom is -0.372 e. The van der Waals surface area contributed by atoms with Gasteiger partial charge in [-0.25, -0.2) is 18.4 Å². The smallest absolute Gasteiger partial charge is 0.222 e. The molecule has 2 aliphatic heterocycles. The lowest BCUT2D eigenvalue weighted by molar-refractivity contribution is -0.102. The maximum Gasteiger partial charge on any atom is 0.222 e. The molecule has 23 heavy (non-hydrogen) atoms. The van der Waals surface area contributed by atoms with Crippen LogP contribution in [0.2, 0.25) is 0 Å². The first kappa shape index (κ1) is 16.6. The van der Waals surface area contributed by atoms with E-state index in [-0.39, 0.29) is 11.4 Å². The highest BCUT2D eigenvalue weighted by Gasteiger charge is 2.55. The Balaban J connectivity index is 1.51. The molecular formula is C15H24N4O3S. The van der Waals surface area contributed by atoms with Crippen LogP contribution in [0.25, 0.3) is 0 Å². The van der Waals surface area contributed by atoms with E-state index in [0.29, 0.717) is 31.6 Å². The van der Waals surface area contributed by atoms with E-state index < -0.39 is 10.0 Å². The van der Waals surface area contributed by atoms with E-state index in [2.05, 4.69) is 15.3 Å². The average molecular weight is 340 g/mol. The van der Waals surface area contributed by atoms with Crippen molar-refractivity contribution in [3.05, 3.63) is 18.0 Å². The number of hydrogen-bond donors (Lipinski definition) is 1. The summed E-state index contributed by atoms with van der Waals surface area (Å²) in [5.41, 5.74) is 0.753. The van der Waals surface area contributed by atoms with Crippen molar-refractivity contribution in [3.8, 4) is 0 Å². The number of rotatable bonds is 6. The van der Waals surface area contributed by atoms with E-state index in [4.69, 9.17) is 4.74 Å². The minimum atomic E-state index is -3.10. The zero-order valence-electron chi connectivity index (χ0n) is 13.7. The molecule has 1 N–H and O–H groups in total. The molecule has 8 heteroatoms. The van der Waals surface area contributed by atoms with Crippen molar-refractivity contribution in [2.75, 3.05) is 37.3 Å². The minimum absolute atomic E-state index is 0.153. The fourth-order valence-electron chi connectivity index (χ4n) is 3.31. The fourth-order valence-corrected chi connectivity index (χ4v) is 4.51. The van der Waals surface area contributed by atoms with Crippen molar-refractivity contribution < 1.29 is 13.2 Å². The Morgan fingerprint density at radius 2 is 2.09 bits per heavy atom. The van der Waals surface area contributed by atoms with Gasteiger partial charge in [-0.1, -0.05) is 0 Å². The molecule has 2 fully saturated rings. The second kappa shape index (κ2) is 6.33. The maximum atomic E-state index is 11.9. The van der Waals surface area contributed by atoms with Gasteiger partial charge >= 0.3 is 0 Å². The summed E-state index contributed by atoms with van der Waals surface area (Å²) in [4.78, 5) is 8.45. The summed E-state index contributed by atoms with van der Waals surface area (Å²) >= 11 is 0. The molecule has 0 aliphatic carbocycles. The molecule has 1 aromatic rings. The molecule has 0 bridgehead atoms. The van der Waals surface area contributed by atoms with Gasteiger partial charge in [0.15, 0.2) is 0 Å². The van der Waals surface area contributed by atoms with Gasteiger partial charge < -0.3 is 10.1 Å². The first-order valence-electron chi connectivity index (χ1n) is 8.09. The highest BCUT2D eigenvalue weighted by atomic mass is 32.2. The van der Waals surface area contributed by atoms with Crippen LogP contribution in [0.3, 0.4) is 0 Å². The van der Waals surface area contributed by atoms with Crippen molar-refractivity contribution in [2.45, 2.75) is 32.3 Å². The average Bonchev–Trinajstić information content (AvgIpc) is 2.92. The van der Waals surface area contributed by atoms with Crippen LogP contribution in [0.1, 0.15) is 25.3 Å². The Kier molecular flexibility index (Phi) is 4.57. The number of nitrogens with one attached hydrogen (secondary N) is 1. The molecule has 2 aliphatic rings. The maximum absolute atomic E-state index is 11.9. The highest BCUT2D eigenvalue weighted by molar-refractivity contribution is 7.89. The van der Waals surface area contributed by atoms with E-state index in [9.17, 15) is 8.42 Å². The third-order valence-corrected chi connectivity index (χ3v) is 6.58. The largest absolute Gasteiger partial charge is 0.372 e. The van der Waals surface area contributed by atoms with Gasteiger partial charge in [0.2, 0.25) is 16.0 Å². The molecule has 1 atom stereocenters. The number of nitrogens with zero attached hydrogens (tertiary/aromatic N) is 3. The quantitative estimate of drug-likeness (QED) is 0.832. The van der Waals surface area contributed by atoms with Gasteiger partial charge in [-0.3, -0.25) is 0 Å². The summed E-state index contributed by atoms with van der Waals surface area (Å²) in [5, 5.41) is 3.23. The molecular weight excluding hydrogens is 316 g/mol. The number of ether oxygens (including phenoxy) is 1. The van der Waals surface area contributed by atoms with Crippen LogP contribution in [-0.4, -0.2) is 60.3 Å². The van der Waals surface area contributed by atoms with Crippen LogP contribution in [-0.2, 0) is 14.8 Å². The van der Waals surface area contributed by atoms with Crippen LogP contribution in [0.15, 0.2) is 12.4 Å². The molecule has 1 spiro atoms. The van der Waals surface area contributed by atoms with Gasteiger partial charge in [-0.2, -0.15) is 4.31 Å². The lowest BCUT2D eigenvalue weighted by Crippen LogP contribution is -2.66. The lowest BCUT2D eigenvalue weighted by Gasteiger charge is -2.49. The van der Waals surface area contributed by atoms with Crippen LogP contribution in [0.5, 0.6) is 0 Å². The van der Waals surface area contributed by atoms with Gasteiger partial charge in [0, 0.05) is 38.6 Å². The topological polar surface area (TPSA) is 84.4 Å². The normalized spacial score (nSPS) is 23.8. The van der Waals surface area contributed by atoms with E-state index >= 15 is 0 Å². The Morgan fingerprint density at radius 1 is 1.39 bits per heavy atom. The molecule has 128 valence electrons. The van der Waals surface area contributed by atoms with E-state index in [1.807, 2.05) is 6.92 Å². The monoisotopic (exact) mass is 340 g/mol. The van der Waals surface area contributed by atoms with Crippen LogP contribution in [0, 0.1) is 12.8 Å². The van der Waals surface area contributed by atoms with Crippen LogP contribution in [0.4, 0.5) is 5.95 Å². The lowest BCUT2D eigenvalue weighted by atomic mass is 9.80. The fraction of sp³-hybridized carbons (Fsp3) is 0.733. The second-order valence-electron chi connectivity index (χ2n) is 6.37. The van der Waals surface area contributed by atoms with Crippen LogP contribution >= 0.6 is 0 Å². The summed E-state index contributed by atoms with van der Waals surface area (Å²) < 4.78 is 31.2. The molecule has 1 unspecified atom stereocenters. The summed E-state index contributed by atoms with van der Waals surface area (Å²) in [6.45, 7) is 6.10. The zero-order chi connectivity index (χ0) is 16.5. The Bertz CT molecular complexity index is 641. The van der Waals surface area contributed by atoms with Crippen molar-refractivity contribution in [1.82, 2.24) is 14.3 Å². The number of hydrogen-bond acceptors (Lipinski definition) is 6. The second-order valence-corrected chi connectivity index (χ2v) is 8.62. The third-order valence-electron chi connectivity index (χ3n) is 4.80. The zero-order valence-corrected chi connectivity index (χ0v) is 14.5. The summed E-state index contributed by atoms with van der Waals surface area (Å²) in [6, 6.07) is 0. The third kappa shape index (κ3) is 3.34. The van der Waals surface area contributed by atoms with E-state index in [1.165, 1.54) is 0 Å². The first-order chi connectivity index (χ1) is 11.0. The SMILES string of the molecule is CCS(=O)(=O)N1CC2(C1)OCCC2CCNc1ncc(C)cn1. The van der Waals surface area contributed by atoms with Crippen molar-refractivity contribution >= 4 is 16.0 Å². The number of anilines is 1. The predicted octanol–water partition coefficient (Wildman–Crippen LogP) is 1.03. The summed E-state index contributed by atoms with van der Waals surface area (Å²) in [5.74, 6) is 1.16. The Hall–Kier alpha value is -1.25. The Morgan fingerprint density at radius 3 is 2.74 bits per heavy atom. The molecule has 0 radical (unpaired) electrons. The molecule has 3 heterocycles. The molecule has 1 aromatic heterocycles. The molecule has 0 saturated carbocycles. The first-order valence-corrected chi connectivity index (χ1v) is 9.70. The van der Waals surface area contributed by atoms with Gasteiger partial charge in [0.25, 0.3) is 0 Å². The van der Waals surface area contributed by atoms with E-state index in [1.54, 1.807) is 23.6 Å². The Labute approximate surface area is 137 Å². The predicted molar refractivity (Wildman–Crippen MR) is 87.7 cm³/mol. The highest BCUT2D eigenvalue weighted by Crippen LogP contribution is 2.42. The number of aryl methyl sites for hydroxylation is 1. The summed E-state index contributed by atoms with van der Waals surface area (Å²) in [6.07, 6.45) is 5.48. The molecule has 2 saturated heterocycles. The van der Waals surface area contributed by atoms with Gasteiger partial charge in [0.1, 0.15) is 0 Å². The van der Waals surface area contributed by atoms with Crippen molar-refractivity contribution in [2.24, 2.45) is 5.92 Å². The molecule has 0 aromatic carbocycles. The molecule has 0 amide bonds. The van der Waals surface area contributed by atoms with E-state index in [0.717, 1.165) is 24.9 Å². The summed E-state index contributed by atoms with van der Waals surface area (Å²) in [7, 11) is -3.10. The van der Waals surface area contributed by atoms with Crippen LogP contribution < -0.4 is 5.32 Å². The van der Waals surface area contributed by atoms with Gasteiger partial charge in [-0.05, 0) is 38.2 Å². The number of sulfonamides is 1.